The molecule has 0 radical (unpaired) electrons. The van der Waals surface area contributed by atoms with Gasteiger partial charge in [-0.2, -0.15) is 0 Å². The zero-order valence-corrected chi connectivity index (χ0v) is 19.3. The lowest BCUT2D eigenvalue weighted by molar-refractivity contribution is 0.00246. The summed E-state index contributed by atoms with van der Waals surface area (Å²) < 4.78 is 16.0. The Labute approximate surface area is 191 Å². The van der Waals surface area contributed by atoms with Crippen LogP contribution in [0.1, 0.15) is 41.3 Å². The molecule has 1 aliphatic rings. The van der Waals surface area contributed by atoms with Crippen molar-refractivity contribution in [3.8, 4) is 0 Å². The summed E-state index contributed by atoms with van der Waals surface area (Å²) in [6, 6.07) is 3.64. The Balaban J connectivity index is 1.42. The Morgan fingerprint density at radius 1 is 1.38 bits per heavy atom. The highest BCUT2D eigenvalue weighted by molar-refractivity contribution is 7.18. The average Bonchev–Trinajstić information content (AvgIpc) is 3.41. The highest BCUT2D eigenvalue weighted by Crippen LogP contribution is 2.33. The Morgan fingerprint density at radius 2 is 2.25 bits per heavy atom. The van der Waals surface area contributed by atoms with Gasteiger partial charge in [-0.15, -0.1) is 11.3 Å². The summed E-state index contributed by atoms with van der Waals surface area (Å²) in [5.74, 6) is 1.35. The molecule has 3 aromatic heterocycles. The molecule has 2 N–H and O–H groups in total. The Morgan fingerprint density at radius 3 is 3.06 bits per heavy atom. The number of aromatic amines is 1. The highest BCUT2D eigenvalue weighted by Gasteiger charge is 2.21. The van der Waals surface area contributed by atoms with E-state index in [2.05, 4.69) is 9.88 Å². The van der Waals surface area contributed by atoms with Crippen molar-refractivity contribution >= 4 is 21.6 Å². The van der Waals surface area contributed by atoms with E-state index < -0.39 is 6.10 Å². The summed E-state index contributed by atoms with van der Waals surface area (Å²) in [6.45, 7) is 2.72. The van der Waals surface area contributed by atoms with Gasteiger partial charge in [0, 0.05) is 31.7 Å². The summed E-state index contributed by atoms with van der Waals surface area (Å²) in [6.07, 6.45) is 6.06. The lowest BCUT2D eigenvalue weighted by atomic mass is 9.97. The molecular weight excluding hydrogens is 430 g/mol. The number of H-pyrrole nitrogens is 1. The van der Waals surface area contributed by atoms with E-state index >= 15 is 0 Å². The number of aliphatic hydroxyl groups is 1. The fourth-order valence-corrected chi connectivity index (χ4v) is 5.48. The molecule has 1 aliphatic carbocycles. The molecule has 8 nitrogen and oxygen atoms in total. The minimum Gasteiger partial charge on any atom is -0.467 e. The first kappa shape index (κ1) is 23.1. The van der Waals surface area contributed by atoms with E-state index in [0.29, 0.717) is 38.7 Å². The molecule has 0 bridgehead atoms. The van der Waals surface area contributed by atoms with Gasteiger partial charge >= 0.3 is 0 Å². The standard InChI is InChI=1S/C23H31N3O5S/c1-29-10-5-9-26(12-16(27)14-30-15-17-6-4-11-31-17)13-20-24-22(28)21-18-7-2-3-8-19(18)32-23(21)25-20/h4,6,11,16,27H,2-3,5,7-10,12-15H2,1H3,(H,24,25,28)/t16-/m0/s1. The number of hydrogen-bond acceptors (Lipinski definition) is 8. The number of hydrogen-bond donors (Lipinski definition) is 2. The van der Waals surface area contributed by atoms with Crippen LogP contribution in [0.3, 0.4) is 0 Å². The quantitative estimate of drug-likeness (QED) is 0.400. The molecule has 0 spiro atoms. The van der Waals surface area contributed by atoms with Gasteiger partial charge < -0.3 is 24.0 Å². The fraction of sp³-hybridized carbons (Fsp3) is 0.565. The van der Waals surface area contributed by atoms with Crippen LogP contribution in [0.5, 0.6) is 0 Å². The highest BCUT2D eigenvalue weighted by atomic mass is 32.1. The molecular formula is C23H31N3O5S. The number of fused-ring (bicyclic) bond motifs is 3. The van der Waals surface area contributed by atoms with Crippen molar-refractivity contribution in [3.63, 3.8) is 0 Å². The molecule has 1 atom stereocenters. The summed E-state index contributed by atoms with van der Waals surface area (Å²) >= 11 is 1.65. The molecule has 0 fully saturated rings. The van der Waals surface area contributed by atoms with Gasteiger partial charge in [0.1, 0.15) is 23.0 Å². The molecule has 3 heterocycles. The predicted octanol–water partition coefficient (Wildman–Crippen LogP) is 2.87. The number of thiophene rings is 1. The number of nitrogens with one attached hydrogen (secondary N) is 1. The number of furan rings is 1. The third kappa shape index (κ3) is 5.85. The number of nitrogens with zero attached hydrogens (tertiary/aromatic N) is 2. The van der Waals surface area contributed by atoms with Gasteiger partial charge in [-0.1, -0.05) is 0 Å². The van der Waals surface area contributed by atoms with Crippen LogP contribution in [0.4, 0.5) is 0 Å². The lowest BCUT2D eigenvalue weighted by Gasteiger charge is -2.24. The first-order chi connectivity index (χ1) is 15.6. The van der Waals surface area contributed by atoms with Gasteiger partial charge in [0.05, 0.1) is 30.9 Å². The maximum atomic E-state index is 12.8. The minimum absolute atomic E-state index is 0.0522. The van der Waals surface area contributed by atoms with Gasteiger partial charge in [-0.25, -0.2) is 4.98 Å². The maximum Gasteiger partial charge on any atom is 0.259 e. The molecule has 0 aliphatic heterocycles. The van der Waals surface area contributed by atoms with E-state index in [1.807, 2.05) is 6.07 Å². The van der Waals surface area contributed by atoms with Crippen molar-refractivity contribution in [2.45, 2.75) is 51.4 Å². The maximum absolute atomic E-state index is 12.8. The normalized spacial score (nSPS) is 14.8. The number of methoxy groups -OCH3 is 1. The first-order valence-corrected chi connectivity index (χ1v) is 12.0. The second-order valence-electron chi connectivity index (χ2n) is 8.23. The lowest BCUT2D eigenvalue weighted by Crippen LogP contribution is -2.36. The van der Waals surface area contributed by atoms with E-state index in [-0.39, 0.29) is 12.2 Å². The molecule has 32 heavy (non-hydrogen) atoms. The van der Waals surface area contributed by atoms with Crippen LogP contribution in [-0.4, -0.2) is 59.5 Å². The smallest absolute Gasteiger partial charge is 0.259 e. The molecule has 0 saturated heterocycles. The average molecular weight is 462 g/mol. The molecule has 0 aromatic carbocycles. The molecule has 9 heteroatoms. The van der Waals surface area contributed by atoms with Crippen LogP contribution in [-0.2, 0) is 35.5 Å². The van der Waals surface area contributed by atoms with E-state index in [1.165, 1.54) is 16.9 Å². The van der Waals surface area contributed by atoms with Crippen LogP contribution in [0.2, 0.25) is 0 Å². The largest absolute Gasteiger partial charge is 0.467 e. The van der Waals surface area contributed by atoms with E-state index in [9.17, 15) is 9.90 Å². The number of ether oxygens (including phenoxy) is 2. The van der Waals surface area contributed by atoms with Crippen molar-refractivity contribution in [3.05, 3.63) is 50.8 Å². The second kappa shape index (κ2) is 11.2. The third-order valence-electron chi connectivity index (χ3n) is 5.67. The van der Waals surface area contributed by atoms with Crippen LogP contribution >= 0.6 is 11.3 Å². The molecule has 0 amide bonds. The summed E-state index contributed by atoms with van der Waals surface area (Å²) in [5, 5.41) is 11.3. The molecule has 174 valence electrons. The number of aliphatic hydroxyl groups excluding tert-OH is 1. The van der Waals surface area contributed by atoms with Gasteiger partial charge in [0.15, 0.2) is 0 Å². The Bertz CT molecular complexity index is 1050. The zero-order chi connectivity index (χ0) is 22.3. The van der Waals surface area contributed by atoms with Crippen LogP contribution < -0.4 is 5.56 Å². The van der Waals surface area contributed by atoms with Crippen LogP contribution in [0, 0.1) is 0 Å². The number of aromatic nitrogens is 2. The summed E-state index contributed by atoms with van der Waals surface area (Å²) in [4.78, 5) is 24.8. The van der Waals surface area contributed by atoms with Gasteiger partial charge in [-0.3, -0.25) is 9.69 Å². The monoisotopic (exact) mass is 461 g/mol. The number of aryl methyl sites for hydroxylation is 2. The zero-order valence-electron chi connectivity index (χ0n) is 18.5. The summed E-state index contributed by atoms with van der Waals surface area (Å²) in [7, 11) is 1.67. The van der Waals surface area contributed by atoms with E-state index in [4.69, 9.17) is 18.9 Å². The van der Waals surface area contributed by atoms with Crippen LogP contribution in [0.15, 0.2) is 27.6 Å². The molecule has 0 unspecified atom stereocenters. The molecule has 0 saturated carbocycles. The predicted molar refractivity (Wildman–Crippen MR) is 123 cm³/mol. The first-order valence-electron chi connectivity index (χ1n) is 11.2. The topological polar surface area (TPSA) is 101 Å². The van der Waals surface area contributed by atoms with Gasteiger partial charge in [0.2, 0.25) is 0 Å². The molecule has 4 rings (SSSR count). The van der Waals surface area contributed by atoms with Gasteiger partial charge in [0.25, 0.3) is 5.56 Å². The van der Waals surface area contributed by atoms with E-state index in [1.54, 1.807) is 30.8 Å². The van der Waals surface area contributed by atoms with Crippen LogP contribution in [0.25, 0.3) is 10.2 Å². The van der Waals surface area contributed by atoms with Gasteiger partial charge in [-0.05, 0) is 49.8 Å². The van der Waals surface area contributed by atoms with Crippen molar-refractivity contribution in [1.29, 1.82) is 0 Å². The third-order valence-corrected chi connectivity index (χ3v) is 6.86. The van der Waals surface area contributed by atoms with Crippen molar-refractivity contribution < 1.29 is 19.0 Å². The molecule has 3 aromatic rings. The van der Waals surface area contributed by atoms with Crippen molar-refractivity contribution in [2.75, 3.05) is 33.4 Å². The Kier molecular flexibility index (Phi) is 8.10. The van der Waals surface area contributed by atoms with E-state index in [0.717, 1.165) is 41.7 Å². The Hall–Kier alpha value is -2.04. The summed E-state index contributed by atoms with van der Waals surface area (Å²) in [5.41, 5.74) is 1.14. The number of rotatable bonds is 12. The minimum atomic E-state index is -0.669. The fourth-order valence-electron chi connectivity index (χ4n) is 4.20. The SMILES string of the molecule is COCCCN(Cc1nc2sc3c(c2c(=O)[nH]1)CCCC3)C[C@H](O)COCc1ccco1. The van der Waals surface area contributed by atoms with Crippen molar-refractivity contribution in [1.82, 2.24) is 14.9 Å². The van der Waals surface area contributed by atoms with Crippen molar-refractivity contribution in [2.24, 2.45) is 0 Å². The second-order valence-corrected chi connectivity index (χ2v) is 9.32.